The van der Waals surface area contributed by atoms with Gasteiger partial charge in [0.25, 0.3) is 5.91 Å². The van der Waals surface area contributed by atoms with Gasteiger partial charge >= 0.3 is 0 Å². The van der Waals surface area contributed by atoms with Gasteiger partial charge in [-0.3, -0.25) is 14.5 Å². The van der Waals surface area contributed by atoms with E-state index in [1.165, 1.54) is 17.4 Å². The zero-order valence-electron chi connectivity index (χ0n) is 20.7. The van der Waals surface area contributed by atoms with Crippen LogP contribution in [-0.4, -0.2) is 33.4 Å². The minimum atomic E-state index is -0.950. The molecule has 1 atom stereocenters. The summed E-state index contributed by atoms with van der Waals surface area (Å²) in [7, 11) is 0. The molecule has 1 N–H and O–H groups in total. The maximum Gasteiger partial charge on any atom is 0.251 e. The molecule has 4 aromatic rings. The second-order valence-electron chi connectivity index (χ2n) is 9.70. The van der Waals surface area contributed by atoms with E-state index in [9.17, 15) is 9.59 Å². The zero-order valence-corrected chi connectivity index (χ0v) is 20.7. The Kier molecular flexibility index (Phi) is 6.84. The van der Waals surface area contributed by atoms with Crippen LogP contribution in [0.15, 0.2) is 65.3 Å². The van der Waals surface area contributed by atoms with E-state index >= 15 is 0 Å². The summed E-state index contributed by atoms with van der Waals surface area (Å²) in [5, 5.41) is 11.4. The summed E-state index contributed by atoms with van der Waals surface area (Å²) in [6.45, 7) is 4.68. The van der Waals surface area contributed by atoms with Gasteiger partial charge in [-0.15, -0.1) is 5.10 Å². The van der Waals surface area contributed by atoms with Gasteiger partial charge in [0.05, 0.1) is 11.8 Å². The van der Waals surface area contributed by atoms with E-state index in [-0.39, 0.29) is 18.4 Å². The van der Waals surface area contributed by atoms with Gasteiger partial charge in [-0.2, -0.15) is 0 Å². The molecule has 2 amide bonds. The predicted octanol–water partition coefficient (Wildman–Crippen LogP) is 4.45. The third-order valence-electron chi connectivity index (χ3n) is 6.67. The first kappa shape index (κ1) is 23.8. The van der Waals surface area contributed by atoms with Gasteiger partial charge in [0, 0.05) is 12.2 Å². The molecule has 0 aliphatic heterocycles. The molecule has 0 radical (unpaired) electrons. The highest BCUT2D eigenvalue weighted by molar-refractivity contribution is 6.01. The van der Waals surface area contributed by atoms with Crippen molar-refractivity contribution in [1.29, 1.82) is 0 Å². The van der Waals surface area contributed by atoms with Crippen LogP contribution >= 0.6 is 0 Å². The lowest BCUT2D eigenvalue weighted by molar-refractivity contribution is -0.127. The summed E-state index contributed by atoms with van der Waals surface area (Å²) < 4.78 is 7.28. The summed E-state index contributed by atoms with van der Waals surface area (Å²) in [4.78, 5) is 29.1. The molecular weight excluding hydrogens is 454 g/mol. The smallest absolute Gasteiger partial charge is 0.251 e. The molecule has 0 bridgehead atoms. The van der Waals surface area contributed by atoms with Crippen molar-refractivity contribution >= 4 is 28.5 Å². The summed E-state index contributed by atoms with van der Waals surface area (Å²) >= 11 is 0. The lowest BCUT2D eigenvalue weighted by Crippen LogP contribution is -2.45. The van der Waals surface area contributed by atoms with E-state index in [0.29, 0.717) is 29.4 Å². The molecule has 186 valence electrons. The molecule has 0 saturated carbocycles. The number of rotatable bonds is 9. The van der Waals surface area contributed by atoms with E-state index in [1.807, 2.05) is 36.4 Å². The minimum absolute atomic E-state index is 0.0614. The number of hydrogen-bond acceptors (Lipinski definition) is 5. The molecule has 1 aliphatic rings. The summed E-state index contributed by atoms with van der Waals surface area (Å²) in [5.74, 6) is 0.309. The Morgan fingerprint density at radius 3 is 2.72 bits per heavy atom. The predicted molar refractivity (Wildman–Crippen MR) is 137 cm³/mol. The SMILES string of the molecule is CC(C)CCNC(=O)C(c1ccco1)N(C(=O)Cn1nnc2ccccc21)c1ccc2c(c1)CCC2. The molecule has 2 heterocycles. The van der Waals surface area contributed by atoms with E-state index in [4.69, 9.17) is 4.42 Å². The maximum absolute atomic E-state index is 14.0. The fraction of sp³-hybridized carbons (Fsp3) is 0.357. The Labute approximate surface area is 210 Å². The molecule has 5 rings (SSSR count). The summed E-state index contributed by atoms with van der Waals surface area (Å²) in [6.07, 6.45) is 5.46. The topological polar surface area (TPSA) is 93.3 Å². The van der Waals surface area contributed by atoms with Crippen LogP contribution in [0.4, 0.5) is 5.69 Å². The van der Waals surface area contributed by atoms with E-state index < -0.39 is 6.04 Å². The molecule has 0 saturated heterocycles. The number of hydrogen-bond donors (Lipinski definition) is 1. The average molecular weight is 486 g/mol. The number of aromatic nitrogens is 3. The number of carbonyl (C=O) groups is 2. The Hall–Kier alpha value is -3.94. The van der Waals surface area contributed by atoms with Crippen LogP contribution in [0.2, 0.25) is 0 Å². The van der Waals surface area contributed by atoms with Gasteiger partial charge in [0.15, 0.2) is 6.04 Å². The number of benzene rings is 2. The third kappa shape index (κ3) is 4.89. The quantitative estimate of drug-likeness (QED) is 0.378. The lowest BCUT2D eigenvalue weighted by atomic mass is 10.1. The highest BCUT2D eigenvalue weighted by Crippen LogP contribution is 2.33. The van der Waals surface area contributed by atoms with Crippen molar-refractivity contribution in [3.63, 3.8) is 0 Å². The fourth-order valence-electron chi connectivity index (χ4n) is 4.78. The lowest BCUT2D eigenvalue weighted by Gasteiger charge is -2.30. The molecule has 1 aliphatic carbocycles. The number of aryl methyl sites for hydroxylation is 2. The van der Waals surface area contributed by atoms with Gasteiger partial charge in [0.2, 0.25) is 5.91 Å². The Balaban J connectivity index is 1.53. The van der Waals surface area contributed by atoms with E-state index in [0.717, 1.165) is 31.2 Å². The number of carbonyl (C=O) groups excluding carboxylic acids is 2. The number of amides is 2. The van der Waals surface area contributed by atoms with Gasteiger partial charge in [-0.05, 0) is 79.1 Å². The number of para-hydroxylation sites is 1. The Morgan fingerprint density at radius 2 is 1.92 bits per heavy atom. The van der Waals surface area contributed by atoms with Crippen LogP contribution in [0.1, 0.15) is 49.6 Å². The second kappa shape index (κ2) is 10.4. The van der Waals surface area contributed by atoms with Crippen molar-refractivity contribution in [3.8, 4) is 0 Å². The molecule has 8 nitrogen and oxygen atoms in total. The maximum atomic E-state index is 14.0. The molecule has 2 aromatic heterocycles. The third-order valence-corrected chi connectivity index (χ3v) is 6.67. The largest absolute Gasteiger partial charge is 0.467 e. The molecule has 0 fully saturated rings. The molecule has 36 heavy (non-hydrogen) atoms. The number of fused-ring (bicyclic) bond motifs is 2. The minimum Gasteiger partial charge on any atom is -0.467 e. The number of furan rings is 1. The van der Waals surface area contributed by atoms with Crippen molar-refractivity contribution in [2.24, 2.45) is 5.92 Å². The first-order valence-corrected chi connectivity index (χ1v) is 12.5. The van der Waals surface area contributed by atoms with Crippen LogP contribution < -0.4 is 10.2 Å². The fourth-order valence-corrected chi connectivity index (χ4v) is 4.78. The zero-order chi connectivity index (χ0) is 25.1. The van der Waals surface area contributed by atoms with Crippen LogP contribution in [0.25, 0.3) is 11.0 Å². The van der Waals surface area contributed by atoms with Crippen molar-refractivity contribution in [2.45, 2.75) is 52.1 Å². The highest BCUT2D eigenvalue weighted by Gasteiger charge is 2.35. The van der Waals surface area contributed by atoms with E-state index in [1.54, 1.807) is 21.7 Å². The van der Waals surface area contributed by atoms with Crippen LogP contribution in [0.5, 0.6) is 0 Å². The molecule has 2 aromatic carbocycles. The van der Waals surface area contributed by atoms with Gasteiger partial charge in [-0.1, -0.05) is 37.3 Å². The normalized spacial score (nSPS) is 13.6. The monoisotopic (exact) mass is 485 g/mol. The van der Waals surface area contributed by atoms with Gasteiger partial charge in [-0.25, -0.2) is 4.68 Å². The summed E-state index contributed by atoms with van der Waals surface area (Å²) in [6, 6.07) is 16.1. The van der Waals surface area contributed by atoms with Gasteiger partial charge in [0.1, 0.15) is 17.8 Å². The van der Waals surface area contributed by atoms with Crippen molar-refractivity contribution < 1.29 is 14.0 Å². The Morgan fingerprint density at radius 1 is 1.08 bits per heavy atom. The number of nitrogens with zero attached hydrogens (tertiary/aromatic N) is 4. The number of anilines is 1. The first-order chi connectivity index (χ1) is 17.5. The standard InChI is InChI=1S/C28H31N5O3/c1-19(2)14-15-29-28(35)27(25-11-6-16-36-25)33(22-13-12-20-7-5-8-21(20)17-22)26(34)18-32-24-10-4-3-9-23(24)30-31-32/h3-4,6,9-13,16-17,19,27H,5,7-8,14-15,18H2,1-2H3,(H,29,35). The van der Waals surface area contributed by atoms with Crippen LogP contribution in [-0.2, 0) is 29.0 Å². The molecule has 8 heteroatoms. The average Bonchev–Trinajstić information content (AvgIpc) is 3.63. The molecule has 1 unspecified atom stereocenters. The van der Waals surface area contributed by atoms with Crippen LogP contribution in [0, 0.1) is 5.92 Å². The number of nitrogens with one attached hydrogen (secondary N) is 1. The second-order valence-corrected chi connectivity index (χ2v) is 9.70. The summed E-state index contributed by atoms with van der Waals surface area (Å²) in [5.41, 5.74) is 4.66. The van der Waals surface area contributed by atoms with E-state index in [2.05, 4.69) is 35.5 Å². The Bertz CT molecular complexity index is 1360. The van der Waals surface area contributed by atoms with Crippen LogP contribution in [0.3, 0.4) is 0 Å². The highest BCUT2D eigenvalue weighted by atomic mass is 16.3. The molecular formula is C28H31N5O3. The van der Waals surface area contributed by atoms with Crippen molar-refractivity contribution in [2.75, 3.05) is 11.4 Å². The molecule has 0 spiro atoms. The van der Waals surface area contributed by atoms with Crippen molar-refractivity contribution in [3.05, 3.63) is 77.7 Å². The van der Waals surface area contributed by atoms with Crippen molar-refractivity contribution in [1.82, 2.24) is 20.3 Å². The first-order valence-electron chi connectivity index (χ1n) is 12.5. The van der Waals surface area contributed by atoms with Gasteiger partial charge < -0.3 is 9.73 Å².